The van der Waals surface area contributed by atoms with E-state index in [2.05, 4.69) is 6.92 Å². The Hall–Kier alpha value is -3.22. The Labute approximate surface area is 207 Å². The molecule has 0 aliphatic carbocycles. The number of ether oxygens (including phenoxy) is 3. The van der Waals surface area contributed by atoms with Crippen LogP contribution in [0.1, 0.15) is 48.5 Å². The SMILES string of the molecule is COc1cc(C(=O)N2CCC(C(=O)N3CCC(C)CC3)CC2)cc(OC)c1OCc1ccccc1. The molecule has 0 spiro atoms. The molecule has 0 radical (unpaired) electrons. The minimum atomic E-state index is -0.0890. The smallest absolute Gasteiger partial charge is 0.254 e. The van der Waals surface area contributed by atoms with Crippen LogP contribution < -0.4 is 14.2 Å². The van der Waals surface area contributed by atoms with E-state index in [9.17, 15) is 9.59 Å². The molecule has 0 atom stereocenters. The van der Waals surface area contributed by atoms with Crippen LogP contribution in [0.3, 0.4) is 0 Å². The van der Waals surface area contributed by atoms with Crippen molar-refractivity contribution < 1.29 is 23.8 Å². The van der Waals surface area contributed by atoms with Crippen LogP contribution in [-0.2, 0) is 11.4 Å². The first-order valence-corrected chi connectivity index (χ1v) is 12.5. The Morgan fingerprint density at radius 2 is 1.43 bits per heavy atom. The Morgan fingerprint density at radius 3 is 2.00 bits per heavy atom. The molecule has 2 fully saturated rings. The summed E-state index contributed by atoms with van der Waals surface area (Å²) in [6, 6.07) is 13.2. The zero-order valence-corrected chi connectivity index (χ0v) is 21.0. The highest BCUT2D eigenvalue weighted by Gasteiger charge is 2.32. The van der Waals surface area contributed by atoms with Crippen molar-refractivity contribution in [2.24, 2.45) is 11.8 Å². The number of carbonyl (C=O) groups is 2. The fourth-order valence-corrected chi connectivity index (χ4v) is 4.87. The molecule has 2 aliphatic rings. The summed E-state index contributed by atoms with van der Waals surface area (Å²) in [7, 11) is 3.10. The lowest BCUT2D eigenvalue weighted by Crippen LogP contribution is -2.46. The standard InChI is InChI=1S/C28H36N2O5/c1-20-9-13-29(14-10-20)27(31)22-11-15-30(16-12-22)28(32)23-17-24(33-2)26(25(18-23)34-3)35-19-21-7-5-4-6-8-21/h4-8,17-18,20,22H,9-16,19H2,1-3H3. The lowest BCUT2D eigenvalue weighted by Gasteiger charge is -2.36. The minimum absolute atomic E-state index is 0.00490. The molecule has 2 aromatic carbocycles. The van der Waals surface area contributed by atoms with Gasteiger partial charge in [-0.3, -0.25) is 9.59 Å². The van der Waals surface area contributed by atoms with Crippen LogP contribution in [0.4, 0.5) is 0 Å². The molecule has 7 nitrogen and oxygen atoms in total. The fourth-order valence-electron chi connectivity index (χ4n) is 4.87. The zero-order chi connectivity index (χ0) is 24.8. The molecule has 188 valence electrons. The predicted molar refractivity (Wildman–Crippen MR) is 134 cm³/mol. The molecular formula is C28H36N2O5. The van der Waals surface area contributed by atoms with Crippen molar-refractivity contribution in [3.8, 4) is 17.2 Å². The largest absolute Gasteiger partial charge is 0.493 e. The summed E-state index contributed by atoms with van der Waals surface area (Å²) >= 11 is 0. The molecule has 35 heavy (non-hydrogen) atoms. The van der Waals surface area contributed by atoms with Gasteiger partial charge in [-0.05, 0) is 49.3 Å². The number of methoxy groups -OCH3 is 2. The monoisotopic (exact) mass is 480 g/mol. The molecule has 2 saturated heterocycles. The van der Waals surface area contributed by atoms with Crippen LogP contribution in [0.15, 0.2) is 42.5 Å². The molecule has 0 unspecified atom stereocenters. The molecule has 0 N–H and O–H groups in total. The molecule has 0 saturated carbocycles. The number of benzene rings is 2. The van der Waals surface area contributed by atoms with Gasteiger partial charge in [0.15, 0.2) is 11.5 Å². The van der Waals surface area contributed by atoms with Crippen LogP contribution in [0.2, 0.25) is 0 Å². The van der Waals surface area contributed by atoms with Crippen molar-refractivity contribution in [2.75, 3.05) is 40.4 Å². The Kier molecular flexibility index (Phi) is 8.16. The fraction of sp³-hybridized carbons (Fsp3) is 0.500. The van der Waals surface area contributed by atoms with E-state index in [-0.39, 0.29) is 17.7 Å². The van der Waals surface area contributed by atoms with Gasteiger partial charge in [0.25, 0.3) is 5.91 Å². The highest BCUT2D eigenvalue weighted by atomic mass is 16.5. The van der Waals surface area contributed by atoms with Gasteiger partial charge in [-0.25, -0.2) is 0 Å². The molecule has 2 amide bonds. The molecule has 4 rings (SSSR count). The van der Waals surface area contributed by atoms with E-state index in [1.807, 2.05) is 40.1 Å². The van der Waals surface area contributed by atoms with E-state index in [1.165, 1.54) is 0 Å². The highest BCUT2D eigenvalue weighted by molar-refractivity contribution is 5.96. The lowest BCUT2D eigenvalue weighted by atomic mass is 9.92. The van der Waals surface area contributed by atoms with Gasteiger partial charge in [0, 0.05) is 37.7 Å². The van der Waals surface area contributed by atoms with Crippen LogP contribution in [0, 0.1) is 11.8 Å². The number of hydrogen-bond acceptors (Lipinski definition) is 5. The van der Waals surface area contributed by atoms with Crippen LogP contribution in [-0.4, -0.2) is 62.0 Å². The summed E-state index contributed by atoms with van der Waals surface area (Å²) in [6.07, 6.45) is 3.56. The normalized spacial score (nSPS) is 17.2. The summed E-state index contributed by atoms with van der Waals surface area (Å²) in [4.78, 5) is 30.1. The van der Waals surface area contributed by atoms with Crippen molar-refractivity contribution in [3.63, 3.8) is 0 Å². The second-order valence-electron chi connectivity index (χ2n) is 9.56. The summed E-state index contributed by atoms with van der Waals surface area (Å²) in [6.45, 7) is 5.46. The van der Waals surface area contributed by atoms with Gasteiger partial charge < -0.3 is 24.0 Å². The van der Waals surface area contributed by atoms with Crippen molar-refractivity contribution in [3.05, 3.63) is 53.6 Å². The van der Waals surface area contributed by atoms with Crippen LogP contribution in [0.5, 0.6) is 17.2 Å². The first-order chi connectivity index (χ1) is 17.0. The number of amides is 2. The molecule has 0 aromatic heterocycles. The van der Waals surface area contributed by atoms with E-state index >= 15 is 0 Å². The molecule has 2 aromatic rings. The second-order valence-corrected chi connectivity index (χ2v) is 9.56. The maximum absolute atomic E-state index is 13.3. The molecule has 7 heteroatoms. The van der Waals surface area contributed by atoms with Gasteiger partial charge in [0.05, 0.1) is 14.2 Å². The third-order valence-electron chi connectivity index (χ3n) is 7.16. The van der Waals surface area contributed by atoms with Gasteiger partial charge in [0.2, 0.25) is 11.7 Å². The number of carbonyl (C=O) groups excluding carboxylic acids is 2. The van der Waals surface area contributed by atoms with Gasteiger partial charge in [-0.15, -0.1) is 0 Å². The predicted octanol–water partition coefficient (Wildman–Crippen LogP) is 4.39. The van der Waals surface area contributed by atoms with Gasteiger partial charge in [0.1, 0.15) is 6.61 Å². The van der Waals surface area contributed by atoms with Crippen molar-refractivity contribution in [1.29, 1.82) is 0 Å². The number of piperidine rings is 2. The van der Waals surface area contributed by atoms with E-state index in [4.69, 9.17) is 14.2 Å². The number of nitrogens with zero attached hydrogens (tertiary/aromatic N) is 2. The lowest BCUT2D eigenvalue weighted by molar-refractivity contribution is -0.138. The van der Waals surface area contributed by atoms with Crippen molar-refractivity contribution in [2.45, 2.75) is 39.2 Å². The maximum atomic E-state index is 13.3. The van der Waals surface area contributed by atoms with Gasteiger partial charge >= 0.3 is 0 Å². The molecular weight excluding hydrogens is 444 g/mol. The Morgan fingerprint density at radius 1 is 0.857 bits per heavy atom. The first kappa shape index (κ1) is 24.9. The third kappa shape index (κ3) is 5.89. The summed E-state index contributed by atoms with van der Waals surface area (Å²) in [5.74, 6) is 2.24. The average Bonchev–Trinajstić information content (AvgIpc) is 2.91. The van der Waals surface area contributed by atoms with E-state index in [0.717, 1.165) is 31.5 Å². The maximum Gasteiger partial charge on any atom is 0.254 e. The number of rotatable bonds is 7. The molecule has 2 heterocycles. The van der Waals surface area contributed by atoms with Crippen molar-refractivity contribution in [1.82, 2.24) is 9.80 Å². The number of likely N-dealkylation sites (tertiary alicyclic amines) is 2. The Bertz CT molecular complexity index is 984. The second kappa shape index (κ2) is 11.5. The molecule has 2 aliphatic heterocycles. The quantitative estimate of drug-likeness (QED) is 0.588. The zero-order valence-electron chi connectivity index (χ0n) is 21.0. The van der Waals surface area contributed by atoms with Gasteiger partial charge in [-0.1, -0.05) is 37.3 Å². The van der Waals surface area contributed by atoms with Gasteiger partial charge in [-0.2, -0.15) is 0 Å². The summed E-state index contributed by atoms with van der Waals surface area (Å²) in [5, 5.41) is 0. The first-order valence-electron chi connectivity index (χ1n) is 12.5. The summed E-state index contributed by atoms with van der Waals surface area (Å²) in [5.41, 5.74) is 1.51. The third-order valence-corrected chi connectivity index (χ3v) is 7.16. The summed E-state index contributed by atoms with van der Waals surface area (Å²) < 4.78 is 17.1. The number of hydrogen-bond donors (Lipinski definition) is 0. The minimum Gasteiger partial charge on any atom is -0.493 e. The highest BCUT2D eigenvalue weighted by Crippen LogP contribution is 2.39. The van der Waals surface area contributed by atoms with E-state index in [0.29, 0.717) is 61.3 Å². The van der Waals surface area contributed by atoms with Crippen LogP contribution in [0.25, 0.3) is 0 Å². The van der Waals surface area contributed by atoms with Crippen molar-refractivity contribution >= 4 is 11.8 Å². The Balaban J connectivity index is 1.40. The van der Waals surface area contributed by atoms with E-state index in [1.54, 1.807) is 26.4 Å². The average molecular weight is 481 g/mol. The molecule has 0 bridgehead atoms. The van der Waals surface area contributed by atoms with Crippen LogP contribution >= 0.6 is 0 Å². The topological polar surface area (TPSA) is 68.3 Å². The van der Waals surface area contributed by atoms with E-state index < -0.39 is 0 Å².